The second-order valence-corrected chi connectivity index (χ2v) is 6.94. The summed E-state index contributed by atoms with van der Waals surface area (Å²) in [7, 11) is 0. The van der Waals surface area contributed by atoms with Crippen molar-refractivity contribution in [2.75, 3.05) is 0 Å². The minimum absolute atomic E-state index is 0.680. The number of benzene rings is 2. The van der Waals surface area contributed by atoms with Gasteiger partial charge in [0.05, 0.1) is 6.33 Å². The van der Waals surface area contributed by atoms with Crippen LogP contribution in [0.3, 0.4) is 0 Å². The van der Waals surface area contributed by atoms with Crippen LogP contribution in [-0.4, -0.2) is 24.3 Å². The molecule has 4 aromatic rings. The first-order chi connectivity index (χ1) is 13.3. The van der Waals surface area contributed by atoms with Crippen LogP contribution in [0.2, 0.25) is 0 Å². The Kier molecular flexibility index (Phi) is 5.16. The fourth-order valence-electron chi connectivity index (χ4n) is 2.81. The minimum Gasteiger partial charge on any atom is -0.306 e. The van der Waals surface area contributed by atoms with Gasteiger partial charge in [-0.3, -0.25) is 4.57 Å². The summed E-state index contributed by atoms with van der Waals surface area (Å²) < 4.78 is 4.09. The van der Waals surface area contributed by atoms with Crippen LogP contribution in [0, 0.1) is 0 Å². The Labute approximate surface area is 162 Å². The van der Waals surface area contributed by atoms with E-state index in [2.05, 4.69) is 50.6 Å². The Hall–Kier alpha value is -3.12. The van der Waals surface area contributed by atoms with Crippen molar-refractivity contribution in [2.24, 2.45) is 0 Å². The van der Waals surface area contributed by atoms with Gasteiger partial charge in [-0.2, -0.15) is 0 Å². The van der Waals surface area contributed by atoms with Crippen molar-refractivity contribution in [2.45, 2.75) is 17.5 Å². The van der Waals surface area contributed by atoms with Gasteiger partial charge in [0.25, 0.3) is 0 Å². The van der Waals surface area contributed by atoms with Gasteiger partial charge in [-0.05, 0) is 17.7 Å². The molecular weight excluding hydrogens is 354 g/mol. The molecule has 0 aliphatic carbocycles. The Morgan fingerprint density at radius 2 is 1.81 bits per heavy atom. The Morgan fingerprint density at radius 3 is 2.52 bits per heavy atom. The highest BCUT2D eigenvalue weighted by Crippen LogP contribution is 2.26. The summed E-state index contributed by atoms with van der Waals surface area (Å²) in [6, 6.07) is 18.6. The van der Waals surface area contributed by atoms with E-state index >= 15 is 0 Å². The van der Waals surface area contributed by atoms with Crippen molar-refractivity contribution >= 4 is 11.8 Å². The molecule has 4 rings (SSSR count). The maximum atomic E-state index is 4.40. The topological polar surface area (TPSA) is 48.5 Å². The highest BCUT2D eigenvalue weighted by atomic mass is 32.2. The van der Waals surface area contributed by atoms with E-state index in [-0.39, 0.29) is 0 Å². The summed E-state index contributed by atoms with van der Waals surface area (Å²) in [4.78, 5) is 4.08. The molecule has 0 saturated heterocycles. The van der Waals surface area contributed by atoms with E-state index in [4.69, 9.17) is 0 Å². The van der Waals surface area contributed by atoms with Gasteiger partial charge in [0.1, 0.15) is 0 Å². The van der Waals surface area contributed by atoms with Crippen LogP contribution >= 0.6 is 11.8 Å². The Morgan fingerprint density at radius 1 is 1.00 bits per heavy atom. The zero-order valence-electron chi connectivity index (χ0n) is 14.8. The highest BCUT2D eigenvalue weighted by Gasteiger charge is 2.13. The lowest BCUT2D eigenvalue weighted by Gasteiger charge is -2.08. The lowest BCUT2D eigenvalue weighted by molar-refractivity contribution is 0.731. The zero-order valence-corrected chi connectivity index (χ0v) is 15.6. The normalized spacial score (nSPS) is 10.8. The number of nitrogens with zero attached hydrogens (tertiary/aromatic N) is 5. The molecule has 0 N–H and O–H groups in total. The second kappa shape index (κ2) is 8.05. The summed E-state index contributed by atoms with van der Waals surface area (Å²) in [5.74, 6) is 1.70. The molecule has 5 nitrogen and oxygen atoms in total. The lowest BCUT2D eigenvalue weighted by Crippen LogP contribution is -2.00. The smallest absolute Gasteiger partial charge is 0.192 e. The predicted molar refractivity (Wildman–Crippen MR) is 109 cm³/mol. The molecule has 0 saturated carbocycles. The summed E-state index contributed by atoms with van der Waals surface area (Å²) in [6.45, 7) is 4.55. The molecule has 2 heterocycles. The van der Waals surface area contributed by atoms with Gasteiger partial charge in [-0.25, -0.2) is 4.98 Å². The summed E-state index contributed by atoms with van der Waals surface area (Å²) in [5, 5.41) is 9.70. The van der Waals surface area contributed by atoms with Crippen LogP contribution < -0.4 is 0 Å². The standard InChI is InChI=1S/C21H19N5S/c1-2-13-26-20(18-6-4-3-5-7-18)23-24-21(26)27-15-17-8-10-19(11-9-17)25-14-12-22-16-25/h2-12,14,16H,1,13,15H2. The summed E-state index contributed by atoms with van der Waals surface area (Å²) >= 11 is 1.68. The summed E-state index contributed by atoms with van der Waals surface area (Å²) in [5.41, 5.74) is 3.39. The number of allylic oxidation sites excluding steroid dienone is 1. The van der Waals surface area contributed by atoms with Gasteiger partial charge in [-0.15, -0.1) is 16.8 Å². The van der Waals surface area contributed by atoms with Gasteiger partial charge in [0, 0.05) is 35.9 Å². The van der Waals surface area contributed by atoms with Crippen molar-refractivity contribution in [1.29, 1.82) is 0 Å². The van der Waals surface area contributed by atoms with Crippen LogP contribution in [0.1, 0.15) is 5.56 Å². The van der Waals surface area contributed by atoms with Crippen LogP contribution in [0.25, 0.3) is 17.1 Å². The van der Waals surface area contributed by atoms with Gasteiger partial charge in [0.2, 0.25) is 0 Å². The third kappa shape index (κ3) is 3.85. The Balaban J connectivity index is 1.51. The molecular formula is C21H19N5S. The fourth-order valence-corrected chi connectivity index (χ4v) is 3.72. The van der Waals surface area contributed by atoms with E-state index in [0.717, 1.165) is 28.0 Å². The van der Waals surface area contributed by atoms with Crippen LogP contribution in [0.5, 0.6) is 0 Å². The molecule has 2 aromatic carbocycles. The van der Waals surface area contributed by atoms with Crippen LogP contribution in [-0.2, 0) is 12.3 Å². The van der Waals surface area contributed by atoms with Gasteiger partial charge < -0.3 is 4.57 Å². The van der Waals surface area contributed by atoms with Crippen molar-refractivity contribution in [3.63, 3.8) is 0 Å². The average molecular weight is 373 g/mol. The first-order valence-corrected chi connectivity index (χ1v) is 9.63. The maximum Gasteiger partial charge on any atom is 0.192 e. The number of hydrogen-bond acceptors (Lipinski definition) is 4. The minimum atomic E-state index is 0.680. The number of hydrogen-bond donors (Lipinski definition) is 0. The van der Waals surface area contributed by atoms with Crippen LogP contribution in [0.15, 0.2) is 91.1 Å². The van der Waals surface area contributed by atoms with Crippen molar-refractivity contribution < 1.29 is 0 Å². The van der Waals surface area contributed by atoms with Gasteiger partial charge in [-0.1, -0.05) is 60.3 Å². The number of rotatable bonds is 7. The average Bonchev–Trinajstić information content (AvgIpc) is 3.38. The molecule has 0 bridgehead atoms. The van der Waals surface area contributed by atoms with E-state index in [9.17, 15) is 0 Å². The molecule has 0 amide bonds. The molecule has 6 heteroatoms. The molecule has 2 aromatic heterocycles. The van der Waals surface area contributed by atoms with E-state index in [1.165, 1.54) is 5.56 Å². The van der Waals surface area contributed by atoms with E-state index in [1.807, 2.05) is 47.2 Å². The highest BCUT2D eigenvalue weighted by molar-refractivity contribution is 7.98. The van der Waals surface area contributed by atoms with Gasteiger partial charge in [0.15, 0.2) is 11.0 Å². The lowest BCUT2D eigenvalue weighted by atomic mass is 10.2. The third-order valence-electron chi connectivity index (χ3n) is 4.17. The monoisotopic (exact) mass is 373 g/mol. The SMILES string of the molecule is C=CCn1c(SCc2ccc(-n3ccnc3)cc2)nnc1-c1ccccc1. The molecule has 27 heavy (non-hydrogen) atoms. The maximum absolute atomic E-state index is 4.40. The van der Waals surface area contributed by atoms with Gasteiger partial charge >= 0.3 is 0 Å². The van der Waals surface area contributed by atoms with Crippen molar-refractivity contribution in [3.8, 4) is 17.1 Å². The molecule has 0 unspecified atom stereocenters. The number of thioether (sulfide) groups is 1. The molecule has 0 aliphatic heterocycles. The molecule has 0 aliphatic rings. The van der Waals surface area contributed by atoms with Crippen molar-refractivity contribution in [3.05, 3.63) is 91.5 Å². The molecule has 134 valence electrons. The second-order valence-electron chi connectivity index (χ2n) is 6.00. The zero-order chi connectivity index (χ0) is 18.5. The summed E-state index contributed by atoms with van der Waals surface area (Å²) in [6.07, 6.45) is 7.39. The fraction of sp³-hybridized carbons (Fsp3) is 0.0952. The van der Waals surface area contributed by atoms with Crippen LogP contribution in [0.4, 0.5) is 0 Å². The number of aromatic nitrogens is 5. The first kappa shape index (κ1) is 17.3. The van der Waals surface area contributed by atoms with E-state index in [1.54, 1.807) is 24.3 Å². The van der Waals surface area contributed by atoms with Crippen molar-refractivity contribution in [1.82, 2.24) is 24.3 Å². The molecule has 0 atom stereocenters. The number of imidazole rings is 1. The predicted octanol–water partition coefficient (Wildman–Crippen LogP) is 4.61. The largest absolute Gasteiger partial charge is 0.306 e. The Bertz CT molecular complexity index is 1000. The quantitative estimate of drug-likeness (QED) is 0.351. The first-order valence-electron chi connectivity index (χ1n) is 8.65. The third-order valence-corrected chi connectivity index (χ3v) is 5.21. The van der Waals surface area contributed by atoms with E-state index < -0.39 is 0 Å². The molecule has 0 radical (unpaired) electrons. The molecule has 0 fully saturated rings. The molecule has 0 spiro atoms. The van der Waals surface area contributed by atoms with E-state index in [0.29, 0.717) is 6.54 Å².